The number of likely N-dealkylation sites (tertiary alicyclic amines) is 2. The first-order chi connectivity index (χ1) is 18.2. The molecule has 2 fully saturated rings. The van der Waals surface area contributed by atoms with Gasteiger partial charge in [-0.05, 0) is 86.0 Å². The highest BCUT2D eigenvalue weighted by molar-refractivity contribution is 6.07. The van der Waals surface area contributed by atoms with Crippen molar-refractivity contribution in [2.75, 3.05) is 26.2 Å². The van der Waals surface area contributed by atoms with Gasteiger partial charge in [0, 0.05) is 30.6 Å². The van der Waals surface area contributed by atoms with Crippen LogP contribution in [0.1, 0.15) is 66.1 Å². The molecule has 192 valence electrons. The molecule has 2 amide bonds. The lowest BCUT2D eigenvalue weighted by molar-refractivity contribution is -0.127. The molecule has 2 saturated heterocycles. The Morgan fingerprint density at radius 1 is 0.757 bits per heavy atom. The average Bonchev–Trinajstić information content (AvgIpc) is 2.97. The summed E-state index contributed by atoms with van der Waals surface area (Å²) >= 11 is 0. The minimum absolute atomic E-state index is 0.110. The number of hydrogen-bond donors (Lipinski definition) is 1. The van der Waals surface area contributed by atoms with Gasteiger partial charge in [0.2, 0.25) is 5.91 Å². The summed E-state index contributed by atoms with van der Waals surface area (Å²) in [5.41, 5.74) is 3.51. The molecule has 0 saturated carbocycles. The van der Waals surface area contributed by atoms with Gasteiger partial charge in [-0.15, -0.1) is 0 Å². The molecule has 6 rings (SSSR count). The molecule has 5 nitrogen and oxygen atoms in total. The minimum Gasteiger partial charge on any atom is -0.349 e. The van der Waals surface area contributed by atoms with E-state index in [1.54, 1.807) is 0 Å². The van der Waals surface area contributed by atoms with E-state index in [1.165, 1.54) is 11.1 Å². The summed E-state index contributed by atoms with van der Waals surface area (Å²) in [5.74, 6) is 0.491. The summed E-state index contributed by atoms with van der Waals surface area (Å²) in [7, 11) is 0. The zero-order valence-electron chi connectivity index (χ0n) is 21.6. The summed E-state index contributed by atoms with van der Waals surface area (Å²) in [4.78, 5) is 31.1. The number of piperidine rings is 2. The monoisotopic (exact) mass is 495 g/mol. The molecule has 0 bridgehead atoms. The molecule has 3 aliphatic rings. The SMILES string of the molecule is O=C(NC1CCCc2ccccc21)C1CCN(C2CCN(C(=O)c3cccc4ccccc34)CC2)CC1. The summed E-state index contributed by atoms with van der Waals surface area (Å²) in [6.07, 6.45) is 7.16. The molecule has 0 aromatic heterocycles. The van der Waals surface area contributed by atoms with Crippen LogP contribution in [0.4, 0.5) is 0 Å². The van der Waals surface area contributed by atoms with Crippen LogP contribution >= 0.6 is 0 Å². The van der Waals surface area contributed by atoms with Crippen LogP contribution in [0.2, 0.25) is 0 Å². The molecule has 1 atom stereocenters. The molecule has 5 heteroatoms. The number of nitrogens with zero attached hydrogens (tertiary/aromatic N) is 2. The van der Waals surface area contributed by atoms with E-state index in [1.807, 2.05) is 35.2 Å². The van der Waals surface area contributed by atoms with Gasteiger partial charge in [0.15, 0.2) is 0 Å². The predicted molar refractivity (Wildman–Crippen MR) is 147 cm³/mol. The second kappa shape index (κ2) is 10.7. The van der Waals surface area contributed by atoms with E-state index in [-0.39, 0.29) is 23.8 Å². The molecule has 2 heterocycles. The Morgan fingerprint density at radius 3 is 2.32 bits per heavy atom. The number of fused-ring (bicyclic) bond motifs is 2. The van der Waals surface area contributed by atoms with Crippen molar-refractivity contribution < 1.29 is 9.59 Å². The molecule has 2 aliphatic heterocycles. The first-order valence-electron chi connectivity index (χ1n) is 14.1. The van der Waals surface area contributed by atoms with E-state index in [9.17, 15) is 9.59 Å². The van der Waals surface area contributed by atoms with Gasteiger partial charge in [-0.1, -0.05) is 60.7 Å². The number of rotatable bonds is 4. The third-order valence-corrected chi connectivity index (χ3v) is 8.87. The van der Waals surface area contributed by atoms with E-state index < -0.39 is 0 Å². The van der Waals surface area contributed by atoms with E-state index >= 15 is 0 Å². The van der Waals surface area contributed by atoms with Crippen LogP contribution in [0.3, 0.4) is 0 Å². The smallest absolute Gasteiger partial charge is 0.254 e. The Morgan fingerprint density at radius 2 is 1.49 bits per heavy atom. The highest BCUT2D eigenvalue weighted by Gasteiger charge is 2.33. The van der Waals surface area contributed by atoms with Gasteiger partial charge >= 0.3 is 0 Å². The standard InChI is InChI=1S/C32H37N3O2/c36-31(33-30-14-6-10-24-8-2-4-12-28(24)30)25-15-19-34(20-16-25)26-17-21-35(22-18-26)32(37)29-13-5-9-23-7-1-3-11-27(23)29/h1-5,7-9,11-13,25-26,30H,6,10,14-22H2,(H,33,36). The van der Waals surface area contributed by atoms with Gasteiger partial charge in [0.25, 0.3) is 5.91 Å². The third-order valence-electron chi connectivity index (χ3n) is 8.87. The molecular weight excluding hydrogens is 458 g/mol. The lowest BCUT2D eigenvalue weighted by Gasteiger charge is -2.41. The summed E-state index contributed by atoms with van der Waals surface area (Å²) in [6.45, 7) is 3.55. The van der Waals surface area contributed by atoms with Crippen molar-refractivity contribution in [3.8, 4) is 0 Å². The topological polar surface area (TPSA) is 52.7 Å². The van der Waals surface area contributed by atoms with Crippen LogP contribution in [0.25, 0.3) is 10.8 Å². The van der Waals surface area contributed by atoms with E-state index in [0.717, 1.165) is 87.5 Å². The Hall–Kier alpha value is -3.18. The van der Waals surface area contributed by atoms with Crippen molar-refractivity contribution in [2.24, 2.45) is 5.92 Å². The number of carbonyl (C=O) groups is 2. The third kappa shape index (κ3) is 5.02. The van der Waals surface area contributed by atoms with Crippen molar-refractivity contribution in [1.29, 1.82) is 0 Å². The van der Waals surface area contributed by atoms with E-state index in [0.29, 0.717) is 6.04 Å². The predicted octanol–water partition coefficient (Wildman–Crippen LogP) is 5.35. The van der Waals surface area contributed by atoms with E-state index in [2.05, 4.69) is 46.6 Å². The maximum absolute atomic E-state index is 13.3. The minimum atomic E-state index is 0.110. The second-order valence-electron chi connectivity index (χ2n) is 11.0. The molecule has 0 radical (unpaired) electrons. The Balaban J connectivity index is 1.00. The zero-order valence-corrected chi connectivity index (χ0v) is 21.6. The van der Waals surface area contributed by atoms with Crippen molar-refractivity contribution >= 4 is 22.6 Å². The number of aryl methyl sites for hydroxylation is 1. The summed E-state index contributed by atoms with van der Waals surface area (Å²) in [6, 6.07) is 23.4. The molecule has 0 spiro atoms. The van der Waals surface area contributed by atoms with Crippen LogP contribution in [0, 0.1) is 5.92 Å². The fourth-order valence-corrected chi connectivity index (χ4v) is 6.74. The Kier molecular flexibility index (Phi) is 6.97. The molecule has 37 heavy (non-hydrogen) atoms. The number of carbonyl (C=O) groups excluding carboxylic acids is 2. The number of hydrogen-bond acceptors (Lipinski definition) is 3. The van der Waals surface area contributed by atoms with Crippen molar-refractivity contribution in [1.82, 2.24) is 15.1 Å². The van der Waals surface area contributed by atoms with Crippen LogP contribution < -0.4 is 5.32 Å². The Labute approximate surface area is 219 Å². The summed E-state index contributed by atoms with van der Waals surface area (Å²) < 4.78 is 0. The van der Waals surface area contributed by atoms with Gasteiger partial charge < -0.3 is 15.1 Å². The largest absolute Gasteiger partial charge is 0.349 e. The zero-order chi connectivity index (χ0) is 25.2. The molecule has 1 unspecified atom stereocenters. The highest BCUT2D eigenvalue weighted by atomic mass is 16.2. The quantitative estimate of drug-likeness (QED) is 0.531. The first-order valence-corrected chi connectivity index (χ1v) is 14.1. The maximum Gasteiger partial charge on any atom is 0.254 e. The maximum atomic E-state index is 13.3. The molecule has 1 N–H and O–H groups in total. The van der Waals surface area contributed by atoms with Crippen molar-refractivity contribution in [2.45, 2.75) is 57.0 Å². The average molecular weight is 496 g/mol. The van der Waals surface area contributed by atoms with Gasteiger partial charge in [0.1, 0.15) is 0 Å². The fourth-order valence-electron chi connectivity index (χ4n) is 6.74. The normalized spacial score (nSPS) is 21.5. The number of nitrogens with one attached hydrogen (secondary N) is 1. The van der Waals surface area contributed by atoms with Crippen LogP contribution in [0.5, 0.6) is 0 Å². The van der Waals surface area contributed by atoms with Crippen molar-refractivity contribution in [3.05, 3.63) is 83.4 Å². The molecule has 3 aromatic rings. The van der Waals surface area contributed by atoms with E-state index in [4.69, 9.17) is 0 Å². The first kappa shape index (κ1) is 24.2. The van der Waals surface area contributed by atoms with Gasteiger partial charge in [-0.2, -0.15) is 0 Å². The lowest BCUT2D eigenvalue weighted by Crippen LogP contribution is -2.50. The molecule has 3 aromatic carbocycles. The number of benzene rings is 3. The molecular formula is C32H37N3O2. The molecule has 1 aliphatic carbocycles. The number of amides is 2. The van der Waals surface area contributed by atoms with Gasteiger partial charge in [-0.3, -0.25) is 9.59 Å². The second-order valence-corrected chi connectivity index (χ2v) is 11.0. The van der Waals surface area contributed by atoms with Gasteiger partial charge in [0.05, 0.1) is 6.04 Å². The van der Waals surface area contributed by atoms with Gasteiger partial charge in [-0.25, -0.2) is 0 Å². The van der Waals surface area contributed by atoms with Crippen LogP contribution in [0.15, 0.2) is 66.7 Å². The fraction of sp³-hybridized carbons (Fsp3) is 0.438. The highest BCUT2D eigenvalue weighted by Crippen LogP contribution is 2.31. The van der Waals surface area contributed by atoms with Crippen LogP contribution in [-0.4, -0.2) is 53.8 Å². The van der Waals surface area contributed by atoms with Crippen molar-refractivity contribution in [3.63, 3.8) is 0 Å². The lowest BCUT2D eigenvalue weighted by atomic mass is 9.86. The summed E-state index contributed by atoms with van der Waals surface area (Å²) in [5, 5.41) is 5.53. The Bertz CT molecular complexity index is 1270. The van der Waals surface area contributed by atoms with Crippen LogP contribution in [-0.2, 0) is 11.2 Å².